The number of ether oxygens (including phenoxy) is 4. The molecule has 56 heavy (non-hydrogen) atoms. The highest BCUT2D eigenvalue weighted by molar-refractivity contribution is 6.68. The van der Waals surface area contributed by atoms with Gasteiger partial charge in [0.05, 0.1) is 25.4 Å². The van der Waals surface area contributed by atoms with Gasteiger partial charge in [0.1, 0.15) is 36.7 Å². The van der Waals surface area contributed by atoms with Crippen molar-refractivity contribution in [1.29, 1.82) is 5.41 Å². The fourth-order valence-corrected chi connectivity index (χ4v) is 8.15. The number of benzene rings is 3. The maximum absolute atomic E-state index is 14.4. The summed E-state index contributed by atoms with van der Waals surface area (Å²) in [5.41, 5.74) is 1.70. The second-order valence-corrected chi connectivity index (χ2v) is 14.1. The highest BCUT2D eigenvalue weighted by atomic mass is 16.7. The minimum Gasteiger partial charge on any atom is -0.486 e. The van der Waals surface area contributed by atoms with Crippen LogP contribution in [0.2, 0.25) is 0 Å². The summed E-state index contributed by atoms with van der Waals surface area (Å²) in [6.45, 7) is -1.20. The number of quaternary nitrogens is 1. The molecular formula is C39H40N5O12+. The number of amides is 1. The Bertz CT molecular complexity index is 2170. The van der Waals surface area contributed by atoms with Crippen LogP contribution >= 0.6 is 0 Å². The van der Waals surface area contributed by atoms with Gasteiger partial charge >= 0.3 is 0 Å². The number of carbonyl (C=O) groups excluding carboxylic acids is 3. The number of amidine groups is 1. The largest absolute Gasteiger partial charge is 0.486 e. The SMILES string of the molecule is N=C1N=C2C(=NC[NH+]2c2ccccc2C2c3cc4c(c(OCCO)c3OC3OC(COCC2CCCO)C(O)C(O)C3O)C(=O)c2ccccc2C4=O)C(=O)N1. The van der Waals surface area contributed by atoms with Crippen LogP contribution < -0.4 is 19.7 Å². The van der Waals surface area contributed by atoms with Crippen molar-refractivity contribution >= 4 is 40.7 Å². The highest BCUT2D eigenvalue weighted by Gasteiger charge is 2.48. The van der Waals surface area contributed by atoms with Crippen molar-refractivity contribution in [3.8, 4) is 11.5 Å². The van der Waals surface area contributed by atoms with Gasteiger partial charge in [-0.15, -0.1) is 0 Å². The van der Waals surface area contributed by atoms with E-state index >= 15 is 0 Å². The molecule has 0 spiro atoms. The van der Waals surface area contributed by atoms with Crippen LogP contribution in [0.5, 0.6) is 11.5 Å². The number of aliphatic hydroxyl groups excluding tert-OH is 5. The summed E-state index contributed by atoms with van der Waals surface area (Å²) in [5, 5.41) is 63.7. The maximum atomic E-state index is 14.4. The van der Waals surface area contributed by atoms with Gasteiger partial charge in [0, 0.05) is 40.3 Å². The average Bonchev–Trinajstić information content (AvgIpc) is 3.62. The number of rotatable bonds is 8. The monoisotopic (exact) mass is 770 g/mol. The van der Waals surface area contributed by atoms with Gasteiger partial charge in [-0.05, 0) is 30.9 Å². The normalized spacial score (nSPS) is 28.4. The molecule has 5 aliphatic rings. The second kappa shape index (κ2) is 15.4. The third-order valence-electron chi connectivity index (χ3n) is 10.7. The van der Waals surface area contributed by atoms with Crippen LogP contribution in [0.15, 0.2) is 64.6 Å². The van der Waals surface area contributed by atoms with Crippen LogP contribution in [0.4, 0.5) is 5.69 Å². The number of aliphatic imine (C=N–C) groups is 2. The number of hydrogen-bond donors (Lipinski definition) is 8. The van der Waals surface area contributed by atoms with E-state index in [1.807, 2.05) is 12.1 Å². The van der Waals surface area contributed by atoms with Gasteiger partial charge in [-0.2, -0.15) is 4.99 Å². The predicted molar refractivity (Wildman–Crippen MR) is 195 cm³/mol. The second-order valence-electron chi connectivity index (χ2n) is 14.1. The Hall–Kier alpha value is -5.24. The van der Waals surface area contributed by atoms with E-state index in [2.05, 4.69) is 15.3 Å². The zero-order chi connectivity index (χ0) is 39.2. The molecule has 17 nitrogen and oxygen atoms in total. The fourth-order valence-electron chi connectivity index (χ4n) is 8.15. The van der Waals surface area contributed by atoms with Gasteiger partial charge in [0.15, 0.2) is 29.7 Å². The lowest BCUT2D eigenvalue weighted by molar-refractivity contribution is -0.723. The summed E-state index contributed by atoms with van der Waals surface area (Å²) in [5.74, 6) is -3.43. The van der Waals surface area contributed by atoms with Gasteiger partial charge < -0.3 is 44.5 Å². The Morgan fingerprint density at radius 2 is 1.64 bits per heavy atom. The lowest BCUT2D eigenvalue weighted by Crippen LogP contribution is -3.09. The molecule has 1 amide bonds. The molecule has 8 unspecified atom stereocenters. The highest BCUT2D eigenvalue weighted by Crippen LogP contribution is 2.50. The summed E-state index contributed by atoms with van der Waals surface area (Å²) in [7, 11) is 0. The molecule has 2 bridgehead atoms. The van der Waals surface area contributed by atoms with E-state index < -0.39 is 66.6 Å². The number of para-hydroxylation sites is 1. The first-order chi connectivity index (χ1) is 27.1. The van der Waals surface area contributed by atoms with Crippen molar-refractivity contribution in [2.24, 2.45) is 15.9 Å². The molecule has 4 aliphatic heterocycles. The lowest BCUT2D eigenvalue weighted by Gasteiger charge is -2.40. The minimum atomic E-state index is -1.80. The number of nitrogens with one attached hydrogen (secondary N) is 3. The molecule has 1 aliphatic carbocycles. The van der Waals surface area contributed by atoms with Gasteiger partial charge in [0.2, 0.25) is 18.0 Å². The summed E-state index contributed by atoms with van der Waals surface area (Å²) >= 11 is 0. The summed E-state index contributed by atoms with van der Waals surface area (Å²) < 4.78 is 24.9. The number of aliphatic hydroxyl groups is 5. The molecule has 3 aromatic carbocycles. The standard InChI is InChI=1S/C39H39N5O12/c40-39-42-36-28(37(52)43-39)41-17-44(36)24-10-4-3-9-21(24)26-18(6-5-11-45)15-53-16-25-31(49)32(50)33(51)38(55-25)56-34-23(26)14-22-27(35(34)54-13-12-46)30(48)20-8-2-1-7-19(20)29(22)47/h1-4,7-10,14,18,25-26,31-33,38,45-46,49-51H,5-6,11-13,15-17H2,(H2,40,43,52)/p+1. The van der Waals surface area contributed by atoms with Crippen molar-refractivity contribution in [1.82, 2.24) is 5.32 Å². The van der Waals surface area contributed by atoms with E-state index in [0.717, 1.165) is 0 Å². The van der Waals surface area contributed by atoms with Crippen LogP contribution in [0.1, 0.15) is 61.7 Å². The number of ketones is 2. The summed E-state index contributed by atoms with van der Waals surface area (Å²) in [6, 6.07) is 15.1. The van der Waals surface area contributed by atoms with Crippen molar-refractivity contribution in [3.05, 3.63) is 88.0 Å². The third-order valence-corrected chi connectivity index (χ3v) is 10.7. The Labute approximate surface area is 319 Å². The van der Waals surface area contributed by atoms with E-state index in [0.29, 0.717) is 29.0 Å². The molecule has 292 valence electrons. The molecular weight excluding hydrogens is 730 g/mol. The number of hydrogen-bond acceptors (Lipinski definition) is 14. The zero-order valence-electron chi connectivity index (χ0n) is 29.9. The fraction of sp³-hybridized carbons (Fsp3) is 0.385. The Kier molecular flexibility index (Phi) is 10.3. The first-order valence-electron chi connectivity index (χ1n) is 18.3. The van der Waals surface area contributed by atoms with E-state index in [-0.39, 0.29) is 89.9 Å². The maximum Gasteiger partial charge on any atom is 0.284 e. The molecule has 1 saturated heterocycles. The first kappa shape index (κ1) is 37.7. The van der Waals surface area contributed by atoms with Crippen molar-refractivity contribution in [2.45, 2.75) is 49.5 Å². The molecule has 1 fully saturated rings. The van der Waals surface area contributed by atoms with Crippen LogP contribution in [0, 0.1) is 11.3 Å². The van der Waals surface area contributed by atoms with Crippen LogP contribution in [-0.2, 0) is 14.3 Å². The molecule has 0 saturated carbocycles. The van der Waals surface area contributed by atoms with Crippen molar-refractivity contribution in [3.63, 3.8) is 0 Å². The lowest BCUT2D eigenvalue weighted by atomic mass is 9.74. The molecule has 17 heteroatoms. The van der Waals surface area contributed by atoms with Crippen LogP contribution in [0.25, 0.3) is 0 Å². The average molecular weight is 771 g/mol. The van der Waals surface area contributed by atoms with Gasteiger partial charge in [0.25, 0.3) is 11.7 Å². The zero-order valence-corrected chi connectivity index (χ0v) is 29.9. The van der Waals surface area contributed by atoms with Gasteiger partial charge in [-0.1, -0.05) is 42.5 Å². The van der Waals surface area contributed by atoms with E-state index in [1.165, 1.54) is 6.07 Å². The molecule has 0 radical (unpaired) electrons. The van der Waals surface area contributed by atoms with Crippen LogP contribution in [-0.4, -0.2) is 131 Å². The van der Waals surface area contributed by atoms with Crippen LogP contribution in [0.3, 0.4) is 0 Å². The topological polar surface area (TPSA) is 254 Å². The van der Waals surface area contributed by atoms with Gasteiger partial charge in [-0.25, -0.2) is 9.89 Å². The smallest absolute Gasteiger partial charge is 0.284 e. The molecule has 8 atom stereocenters. The molecule has 3 aromatic rings. The van der Waals surface area contributed by atoms with Crippen molar-refractivity contribution in [2.75, 3.05) is 39.7 Å². The third kappa shape index (κ3) is 6.41. The number of guanidine groups is 1. The Balaban J connectivity index is 1.41. The molecule has 8 N–H and O–H groups in total. The Morgan fingerprint density at radius 1 is 0.893 bits per heavy atom. The molecule has 8 rings (SSSR count). The first-order valence-corrected chi connectivity index (χ1v) is 18.3. The summed E-state index contributed by atoms with van der Waals surface area (Å²) in [4.78, 5) is 51.0. The quantitative estimate of drug-likeness (QED) is 0.107. The van der Waals surface area contributed by atoms with E-state index in [9.17, 15) is 39.9 Å². The van der Waals surface area contributed by atoms with E-state index in [1.54, 1.807) is 36.4 Å². The molecule has 0 aromatic heterocycles. The number of nitrogens with zero attached hydrogens (tertiary/aromatic N) is 2. The summed E-state index contributed by atoms with van der Waals surface area (Å²) in [6.07, 6.45) is -7.28. The molecule has 4 heterocycles. The Morgan fingerprint density at radius 3 is 2.41 bits per heavy atom. The van der Waals surface area contributed by atoms with Crippen molar-refractivity contribution < 1.29 is 63.8 Å². The predicted octanol–water partition coefficient (Wildman–Crippen LogP) is -1.04. The number of fused-ring (bicyclic) bond motifs is 6. The van der Waals surface area contributed by atoms with E-state index in [4.69, 9.17) is 24.4 Å². The van der Waals surface area contributed by atoms with Gasteiger partial charge in [-0.3, -0.25) is 25.1 Å². The minimum absolute atomic E-state index is 0.0115. The number of carbonyl (C=O) groups is 3.